The highest BCUT2D eigenvalue weighted by Crippen LogP contribution is 2.15. The molecule has 0 aromatic rings. The van der Waals surface area contributed by atoms with Gasteiger partial charge in [0, 0.05) is 0 Å². The van der Waals surface area contributed by atoms with Crippen LogP contribution in [0.25, 0.3) is 0 Å². The van der Waals surface area contributed by atoms with Crippen molar-refractivity contribution in [2.24, 2.45) is 0 Å². The Morgan fingerprint density at radius 3 is 1.38 bits per heavy atom. The molecule has 0 aliphatic carbocycles. The summed E-state index contributed by atoms with van der Waals surface area (Å²) in [6, 6.07) is -1.24. The first-order chi connectivity index (χ1) is 23.2. The molecule has 0 fully saturated rings. The van der Waals surface area contributed by atoms with Crippen LogP contribution in [0, 0.1) is 0 Å². The molecule has 3 atom stereocenters. The lowest BCUT2D eigenvalue weighted by molar-refractivity contribution is -0.130. The number of allylic oxidation sites excluding steroid dienone is 3. The first kappa shape index (κ1) is 46.8. The van der Waals surface area contributed by atoms with Crippen molar-refractivity contribution in [3.05, 3.63) is 24.3 Å². The van der Waals surface area contributed by atoms with E-state index in [0.29, 0.717) is 12.8 Å². The van der Waals surface area contributed by atoms with Gasteiger partial charge < -0.3 is 15.5 Å². The number of aliphatic hydroxyl groups is 2. The molecule has 0 aromatic carbocycles. The second-order valence-electron chi connectivity index (χ2n) is 14.1. The third-order valence-corrected chi connectivity index (χ3v) is 10.0. The summed E-state index contributed by atoms with van der Waals surface area (Å²) in [6.45, 7) is 4.50. The number of nitrogens with one attached hydrogen (secondary N) is 1. The van der Waals surface area contributed by atoms with E-state index in [2.05, 4.69) is 31.3 Å². The second kappa shape index (κ2) is 34.2. The van der Waals surface area contributed by atoms with Crippen LogP contribution in [0.15, 0.2) is 24.3 Å². The van der Waals surface area contributed by atoms with E-state index in [1.165, 1.54) is 141 Å². The van der Waals surface area contributed by atoms with Gasteiger partial charge in [-0.05, 0) is 32.1 Å². The summed E-state index contributed by atoms with van der Waals surface area (Å²) in [4.78, 5) is 12.5. The van der Waals surface area contributed by atoms with Gasteiger partial charge in [0.15, 0.2) is 0 Å². The summed E-state index contributed by atoms with van der Waals surface area (Å²) in [5.41, 5.74) is 0. The Morgan fingerprint density at radius 2 is 0.938 bits per heavy atom. The zero-order valence-corrected chi connectivity index (χ0v) is 32.0. The van der Waals surface area contributed by atoms with Gasteiger partial charge in [-0.3, -0.25) is 9.35 Å². The summed E-state index contributed by atoms with van der Waals surface area (Å²) in [6.07, 6.45) is 39.5. The fraction of sp³-hybridized carbons (Fsp3) is 0.875. The van der Waals surface area contributed by atoms with E-state index in [1.54, 1.807) is 6.08 Å². The Morgan fingerprint density at radius 1 is 0.562 bits per heavy atom. The van der Waals surface area contributed by atoms with Gasteiger partial charge >= 0.3 is 0 Å². The third-order valence-electron chi connectivity index (χ3n) is 9.24. The van der Waals surface area contributed by atoms with Crippen molar-refractivity contribution in [2.75, 3.05) is 5.75 Å². The molecule has 0 heterocycles. The van der Waals surface area contributed by atoms with Crippen LogP contribution < -0.4 is 5.32 Å². The predicted molar refractivity (Wildman–Crippen MR) is 204 cm³/mol. The third kappa shape index (κ3) is 33.3. The summed E-state index contributed by atoms with van der Waals surface area (Å²) in [7, 11) is -4.45. The van der Waals surface area contributed by atoms with Crippen LogP contribution in [0.1, 0.15) is 200 Å². The van der Waals surface area contributed by atoms with Crippen molar-refractivity contribution < 1.29 is 28.0 Å². The van der Waals surface area contributed by atoms with Gasteiger partial charge in [-0.1, -0.05) is 192 Å². The van der Waals surface area contributed by atoms with E-state index in [4.69, 9.17) is 0 Å². The standard InChI is InChI=1S/C40H77NO6S/c1-3-5-7-9-11-13-15-17-18-19-20-21-22-23-25-26-28-30-32-34-38(42)37(36-48(45,46)47)41-40(44)39(43)35-33-31-29-27-24-16-14-12-10-8-6-4-2/h25-26,32,34,37-39,42-43H,3-24,27-31,33,35-36H2,1-2H3,(H,41,44)(H,45,46,47)/b26-25+,34-32+. The van der Waals surface area contributed by atoms with Crippen molar-refractivity contribution in [1.29, 1.82) is 0 Å². The lowest BCUT2D eigenvalue weighted by Crippen LogP contribution is -2.50. The molecule has 3 unspecified atom stereocenters. The number of hydrogen-bond acceptors (Lipinski definition) is 5. The Labute approximate surface area is 297 Å². The van der Waals surface area contributed by atoms with Crippen LogP contribution >= 0.6 is 0 Å². The Kier molecular flexibility index (Phi) is 33.4. The molecule has 0 saturated carbocycles. The molecule has 0 rings (SSSR count). The van der Waals surface area contributed by atoms with Crippen molar-refractivity contribution >= 4 is 16.0 Å². The molecule has 0 aliphatic rings. The molecule has 0 aromatic heterocycles. The number of unbranched alkanes of at least 4 members (excludes halogenated alkanes) is 25. The van der Waals surface area contributed by atoms with Crippen LogP contribution in [-0.4, -0.2) is 53.1 Å². The molecule has 284 valence electrons. The van der Waals surface area contributed by atoms with Crippen molar-refractivity contribution in [3.63, 3.8) is 0 Å². The van der Waals surface area contributed by atoms with Crippen LogP contribution in [0.5, 0.6) is 0 Å². The monoisotopic (exact) mass is 700 g/mol. The van der Waals surface area contributed by atoms with Crippen molar-refractivity contribution in [1.82, 2.24) is 5.32 Å². The molecule has 7 nitrogen and oxygen atoms in total. The van der Waals surface area contributed by atoms with Crippen LogP contribution in [0.4, 0.5) is 0 Å². The number of carbonyl (C=O) groups excluding carboxylic acids is 1. The van der Waals surface area contributed by atoms with Gasteiger partial charge in [0.2, 0.25) is 5.91 Å². The van der Waals surface area contributed by atoms with E-state index in [-0.39, 0.29) is 6.42 Å². The van der Waals surface area contributed by atoms with E-state index >= 15 is 0 Å². The molecule has 4 N–H and O–H groups in total. The first-order valence-corrected chi connectivity index (χ1v) is 21.8. The van der Waals surface area contributed by atoms with Gasteiger partial charge in [0.25, 0.3) is 10.1 Å². The number of rotatable bonds is 36. The molecule has 0 aliphatic heterocycles. The highest BCUT2D eigenvalue weighted by Gasteiger charge is 2.27. The molecule has 0 radical (unpaired) electrons. The first-order valence-electron chi connectivity index (χ1n) is 20.1. The van der Waals surface area contributed by atoms with Gasteiger partial charge in [0.1, 0.15) is 6.10 Å². The van der Waals surface area contributed by atoms with Crippen LogP contribution in [-0.2, 0) is 14.9 Å². The average molecular weight is 700 g/mol. The molecule has 1 amide bonds. The van der Waals surface area contributed by atoms with Crippen LogP contribution in [0.3, 0.4) is 0 Å². The largest absolute Gasteiger partial charge is 0.387 e. The zero-order chi connectivity index (χ0) is 35.6. The average Bonchev–Trinajstić information content (AvgIpc) is 3.05. The van der Waals surface area contributed by atoms with Gasteiger partial charge in [-0.25, -0.2) is 0 Å². The summed E-state index contributed by atoms with van der Waals surface area (Å²) >= 11 is 0. The maximum atomic E-state index is 12.5. The van der Waals surface area contributed by atoms with Gasteiger partial charge in [0.05, 0.1) is 17.9 Å². The van der Waals surface area contributed by atoms with Crippen LogP contribution in [0.2, 0.25) is 0 Å². The fourth-order valence-corrected chi connectivity index (χ4v) is 6.85. The number of aliphatic hydroxyl groups excluding tert-OH is 2. The minimum Gasteiger partial charge on any atom is -0.387 e. The Bertz CT molecular complexity index is 875. The predicted octanol–water partition coefficient (Wildman–Crippen LogP) is 10.5. The Hall–Kier alpha value is -1.22. The molecular weight excluding hydrogens is 623 g/mol. The lowest BCUT2D eigenvalue weighted by atomic mass is 10.0. The van der Waals surface area contributed by atoms with Crippen molar-refractivity contribution in [3.8, 4) is 0 Å². The summed E-state index contributed by atoms with van der Waals surface area (Å²) in [5, 5.41) is 23.3. The Balaban J connectivity index is 4.08. The van der Waals surface area contributed by atoms with Gasteiger partial charge in [-0.2, -0.15) is 8.42 Å². The minimum absolute atomic E-state index is 0.277. The lowest BCUT2D eigenvalue weighted by Gasteiger charge is -2.22. The molecule has 48 heavy (non-hydrogen) atoms. The fourth-order valence-electron chi connectivity index (χ4n) is 6.12. The highest BCUT2D eigenvalue weighted by atomic mass is 32.2. The molecule has 8 heteroatoms. The summed E-state index contributed by atoms with van der Waals surface area (Å²) < 4.78 is 32.4. The number of hydrogen-bond donors (Lipinski definition) is 4. The number of carbonyl (C=O) groups is 1. The minimum atomic E-state index is -4.45. The second-order valence-corrected chi connectivity index (χ2v) is 15.6. The highest BCUT2D eigenvalue weighted by molar-refractivity contribution is 7.85. The van der Waals surface area contributed by atoms with Crippen molar-refractivity contribution in [2.45, 2.75) is 218 Å². The molecule has 0 bridgehead atoms. The molecular formula is C40H77NO6S. The quantitative estimate of drug-likeness (QED) is 0.0293. The topological polar surface area (TPSA) is 124 Å². The molecule has 0 saturated heterocycles. The normalized spacial score (nSPS) is 14.2. The maximum Gasteiger partial charge on any atom is 0.267 e. The smallest absolute Gasteiger partial charge is 0.267 e. The maximum absolute atomic E-state index is 12.5. The number of amides is 1. The van der Waals surface area contributed by atoms with E-state index in [0.717, 1.165) is 32.1 Å². The van der Waals surface area contributed by atoms with Gasteiger partial charge in [-0.15, -0.1) is 0 Å². The summed E-state index contributed by atoms with van der Waals surface area (Å²) in [5.74, 6) is -1.55. The zero-order valence-electron chi connectivity index (χ0n) is 31.2. The van der Waals surface area contributed by atoms with E-state index in [1.807, 2.05) is 0 Å². The van der Waals surface area contributed by atoms with E-state index in [9.17, 15) is 28.0 Å². The molecule has 0 spiro atoms. The van der Waals surface area contributed by atoms with E-state index < -0.39 is 40.0 Å². The SMILES string of the molecule is CCCCCCCCCCCCCCC/C=C/CC/C=C/C(O)C(CS(=O)(=O)O)NC(=O)C(O)CCCCCCCCCCCCCC.